The van der Waals surface area contributed by atoms with Gasteiger partial charge in [0, 0.05) is 18.3 Å². The molecule has 2 unspecified atom stereocenters. The molecule has 7 nitrogen and oxygen atoms in total. The predicted molar refractivity (Wildman–Crippen MR) is 78.2 cm³/mol. The Morgan fingerprint density at radius 3 is 2.52 bits per heavy atom. The number of hydrogen-bond acceptors (Lipinski definition) is 5. The van der Waals surface area contributed by atoms with Crippen molar-refractivity contribution in [3.05, 3.63) is 24.3 Å². The van der Waals surface area contributed by atoms with Gasteiger partial charge in [-0.15, -0.1) is 0 Å². The molecule has 21 heavy (non-hydrogen) atoms. The standard InChI is InChI=1S/C13H19N3O4S/c1-2-15-21(18,19)10-5-3-9(4-6-10)16-13(17)11-7-20-8-12(11)14/h3-6,11-12,15H,2,7-8,14H2,1H3,(H,16,17). The maximum atomic E-state index is 12.0. The zero-order valence-corrected chi connectivity index (χ0v) is 12.5. The van der Waals surface area contributed by atoms with Gasteiger partial charge in [0.15, 0.2) is 0 Å². The quantitative estimate of drug-likeness (QED) is 0.703. The van der Waals surface area contributed by atoms with E-state index in [1.807, 2.05) is 0 Å². The number of ether oxygens (including phenoxy) is 1. The van der Waals surface area contributed by atoms with Crippen LogP contribution in [0, 0.1) is 5.92 Å². The van der Waals surface area contributed by atoms with E-state index in [0.717, 1.165) is 0 Å². The first kappa shape index (κ1) is 15.9. The summed E-state index contributed by atoms with van der Waals surface area (Å²) in [4.78, 5) is 12.2. The minimum atomic E-state index is -3.48. The van der Waals surface area contributed by atoms with Crippen LogP contribution in [0.4, 0.5) is 5.69 Å². The SMILES string of the molecule is CCNS(=O)(=O)c1ccc(NC(=O)C2COCC2N)cc1. The number of nitrogens with two attached hydrogens (primary N) is 1. The van der Waals surface area contributed by atoms with Gasteiger partial charge in [-0.3, -0.25) is 4.79 Å². The summed E-state index contributed by atoms with van der Waals surface area (Å²) in [6.45, 7) is 2.71. The van der Waals surface area contributed by atoms with E-state index in [1.165, 1.54) is 12.1 Å². The Morgan fingerprint density at radius 1 is 1.33 bits per heavy atom. The van der Waals surface area contributed by atoms with Crippen LogP contribution >= 0.6 is 0 Å². The van der Waals surface area contributed by atoms with Crippen molar-refractivity contribution in [2.75, 3.05) is 25.1 Å². The molecular formula is C13H19N3O4S. The van der Waals surface area contributed by atoms with Crippen molar-refractivity contribution in [3.63, 3.8) is 0 Å². The Kier molecular flexibility index (Phi) is 4.94. The minimum absolute atomic E-state index is 0.156. The topological polar surface area (TPSA) is 111 Å². The Labute approximate surface area is 123 Å². The van der Waals surface area contributed by atoms with E-state index in [0.29, 0.717) is 25.4 Å². The van der Waals surface area contributed by atoms with Gasteiger partial charge in [-0.2, -0.15) is 0 Å². The van der Waals surface area contributed by atoms with Crippen molar-refractivity contribution in [3.8, 4) is 0 Å². The molecule has 1 amide bonds. The fraction of sp³-hybridized carbons (Fsp3) is 0.462. The van der Waals surface area contributed by atoms with Crippen molar-refractivity contribution < 1.29 is 17.9 Å². The Hall–Kier alpha value is -1.48. The van der Waals surface area contributed by atoms with Crippen LogP contribution in [0.1, 0.15) is 6.92 Å². The van der Waals surface area contributed by atoms with E-state index in [9.17, 15) is 13.2 Å². The molecule has 1 saturated heterocycles. The summed E-state index contributed by atoms with van der Waals surface area (Å²) in [7, 11) is -3.48. The summed E-state index contributed by atoms with van der Waals surface area (Å²) < 4.78 is 31.1. The lowest BCUT2D eigenvalue weighted by atomic mass is 10.0. The van der Waals surface area contributed by atoms with Crippen LogP contribution in [0.25, 0.3) is 0 Å². The fourth-order valence-corrected chi connectivity index (χ4v) is 3.11. The second-order valence-corrected chi connectivity index (χ2v) is 6.59. The van der Waals surface area contributed by atoms with Crippen LogP contribution in [0.2, 0.25) is 0 Å². The van der Waals surface area contributed by atoms with E-state index < -0.39 is 10.0 Å². The largest absolute Gasteiger partial charge is 0.379 e. The molecular weight excluding hydrogens is 294 g/mol. The molecule has 2 atom stereocenters. The van der Waals surface area contributed by atoms with E-state index in [1.54, 1.807) is 19.1 Å². The fourth-order valence-electron chi connectivity index (χ4n) is 2.07. The molecule has 1 aliphatic heterocycles. The number of benzene rings is 1. The minimum Gasteiger partial charge on any atom is -0.379 e. The van der Waals surface area contributed by atoms with E-state index in [-0.39, 0.29) is 22.8 Å². The molecule has 8 heteroatoms. The van der Waals surface area contributed by atoms with Gasteiger partial charge < -0.3 is 15.8 Å². The van der Waals surface area contributed by atoms with Crippen LogP contribution in [0.15, 0.2) is 29.2 Å². The second kappa shape index (κ2) is 6.52. The molecule has 116 valence electrons. The van der Waals surface area contributed by atoms with Crippen LogP contribution in [-0.2, 0) is 19.6 Å². The molecule has 0 spiro atoms. The number of carbonyl (C=O) groups is 1. The lowest BCUT2D eigenvalue weighted by molar-refractivity contribution is -0.120. The number of sulfonamides is 1. The molecule has 2 rings (SSSR count). The molecule has 1 heterocycles. The van der Waals surface area contributed by atoms with Gasteiger partial charge in [-0.25, -0.2) is 13.1 Å². The summed E-state index contributed by atoms with van der Waals surface area (Å²) in [6, 6.07) is 5.67. The smallest absolute Gasteiger partial charge is 0.240 e. The van der Waals surface area contributed by atoms with E-state index >= 15 is 0 Å². The van der Waals surface area contributed by atoms with E-state index in [4.69, 9.17) is 10.5 Å². The predicted octanol–water partition coefficient (Wildman–Crippen LogP) is -0.103. The molecule has 4 N–H and O–H groups in total. The van der Waals surface area contributed by atoms with Gasteiger partial charge in [-0.1, -0.05) is 6.92 Å². The third-order valence-electron chi connectivity index (χ3n) is 3.23. The van der Waals surface area contributed by atoms with Gasteiger partial charge in [0.2, 0.25) is 15.9 Å². The van der Waals surface area contributed by atoms with Crippen LogP contribution < -0.4 is 15.8 Å². The summed E-state index contributed by atoms with van der Waals surface area (Å²) in [5, 5.41) is 2.71. The van der Waals surface area contributed by atoms with Crippen molar-refractivity contribution in [2.24, 2.45) is 11.7 Å². The number of rotatable bonds is 5. The molecule has 1 aromatic rings. The number of carbonyl (C=O) groups excluding carboxylic acids is 1. The summed E-state index contributed by atoms with van der Waals surface area (Å²) in [6.07, 6.45) is 0. The third kappa shape index (κ3) is 3.79. The highest BCUT2D eigenvalue weighted by molar-refractivity contribution is 7.89. The molecule has 1 aromatic carbocycles. The first-order valence-electron chi connectivity index (χ1n) is 6.68. The maximum Gasteiger partial charge on any atom is 0.240 e. The first-order valence-corrected chi connectivity index (χ1v) is 8.16. The molecule has 0 bridgehead atoms. The van der Waals surface area contributed by atoms with Crippen molar-refractivity contribution in [1.29, 1.82) is 0 Å². The molecule has 0 radical (unpaired) electrons. The highest BCUT2D eigenvalue weighted by Crippen LogP contribution is 2.17. The van der Waals surface area contributed by atoms with Gasteiger partial charge in [0.1, 0.15) is 0 Å². The Bertz CT molecular complexity index is 600. The van der Waals surface area contributed by atoms with Crippen LogP contribution in [0.3, 0.4) is 0 Å². The van der Waals surface area contributed by atoms with Gasteiger partial charge in [-0.05, 0) is 24.3 Å². The second-order valence-electron chi connectivity index (χ2n) is 4.82. The van der Waals surface area contributed by atoms with Crippen molar-refractivity contribution in [1.82, 2.24) is 4.72 Å². The first-order chi connectivity index (χ1) is 9.94. The molecule has 1 fully saturated rings. The molecule has 0 aromatic heterocycles. The lowest BCUT2D eigenvalue weighted by Gasteiger charge is -2.13. The molecule has 0 saturated carbocycles. The number of anilines is 1. The van der Waals surface area contributed by atoms with Crippen molar-refractivity contribution >= 4 is 21.6 Å². The zero-order chi connectivity index (χ0) is 15.5. The number of amides is 1. The summed E-state index contributed by atoms with van der Waals surface area (Å²) in [5.74, 6) is -0.600. The highest BCUT2D eigenvalue weighted by Gasteiger charge is 2.31. The van der Waals surface area contributed by atoms with E-state index in [2.05, 4.69) is 10.0 Å². The van der Waals surface area contributed by atoms with Gasteiger partial charge >= 0.3 is 0 Å². The number of hydrogen-bond donors (Lipinski definition) is 3. The Balaban J connectivity index is 2.04. The lowest BCUT2D eigenvalue weighted by Crippen LogP contribution is -2.37. The highest BCUT2D eigenvalue weighted by atomic mass is 32.2. The van der Waals surface area contributed by atoms with Crippen LogP contribution in [-0.4, -0.2) is 40.1 Å². The zero-order valence-electron chi connectivity index (χ0n) is 11.7. The van der Waals surface area contributed by atoms with Crippen molar-refractivity contribution in [2.45, 2.75) is 17.9 Å². The van der Waals surface area contributed by atoms with Gasteiger partial charge in [0.25, 0.3) is 0 Å². The summed E-state index contributed by atoms with van der Waals surface area (Å²) >= 11 is 0. The number of nitrogens with one attached hydrogen (secondary N) is 2. The Morgan fingerprint density at radius 2 is 2.00 bits per heavy atom. The monoisotopic (exact) mass is 313 g/mol. The van der Waals surface area contributed by atoms with Crippen LogP contribution in [0.5, 0.6) is 0 Å². The molecule has 0 aliphatic carbocycles. The third-order valence-corrected chi connectivity index (χ3v) is 4.79. The normalized spacial score (nSPS) is 22.2. The summed E-state index contributed by atoms with van der Waals surface area (Å²) in [5.41, 5.74) is 6.30. The molecule has 1 aliphatic rings. The van der Waals surface area contributed by atoms with Gasteiger partial charge in [0.05, 0.1) is 24.0 Å². The average molecular weight is 313 g/mol. The average Bonchev–Trinajstić information content (AvgIpc) is 2.85. The maximum absolute atomic E-state index is 12.0.